The van der Waals surface area contributed by atoms with Crippen LogP contribution in [0.1, 0.15) is 6.42 Å². The number of rotatable bonds is 5. The summed E-state index contributed by atoms with van der Waals surface area (Å²) in [6.07, 6.45) is 0.931. The molecule has 0 aliphatic carbocycles. The minimum absolute atomic E-state index is 0.346. The molecule has 1 aromatic heterocycles. The Labute approximate surface area is 107 Å². The molecule has 0 atom stereocenters. The maximum absolute atomic E-state index is 5.82. The number of benzene rings is 1. The Morgan fingerprint density at radius 2 is 1.83 bits per heavy atom. The first kappa shape index (κ1) is 12.6. The van der Waals surface area contributed by atoms with Crippen molar-refractivity contribution in [2.45, 2.75) is 6.42 Å². The predicted octanol–water partition coefficient (Wildman–Crippen LogP) is 1.54. The molecule has 0 radical (unpaired) electrons. The number of hydrogen-bond donors (Lipinski definition) is 1. The van der Waals surface area contributed by atoms with Gasteiger partial charge in [-0.1, -0.05) is 12.1 Å². The fourth-order valence-electron chi connectivity index (χ4n) is 1.65. The van der Waals surface area contributed by atoms with Crippen LogP contribution in [0.3, 0.4) is 0 Å². The molecule has 0 unspecified atom stereocenters. The topological polar surface area (TPSA) is 64.3 Å². The lowest BCUT2D eigenvalue weighted by molar-refractivity contribution is 0.274. The molecule has 96 valence electrons. The van der Waals surface area contributed by atoms with Gasteiger partial charge in [-0.05, 0) is 32.6 Å². The lowest BCUT2D eigenvalue weighted by atomic mass is 10.3. The second kappa shape index (κ2) is 5.64. The van der Waals surface area contributed by atoms with Gasteiger partial charge in [-0.15, -0.1) is 0 Å². The molecule has 0 fully saturated rings. The minimum Gasteiger partial charge on any atom is -0.475 e. The fraction of sp³-hybridized carbons (Fsp3) is 0.385. The van der Waals surface area contributed by atoms with Gasteiger partial charge in [0.1, 0.15) is 0 Å². The molecule has 0 bridgehead atoms. The number of ether oxygens (including phenoxy) is 1. The summed E-state index contributed by atoms with van der Waals surface area (Å²) in [5, 5.41) is 0. The standard InChI is InChI=1S/C13H18N4O/c1-17(2)8-5-9-18-13-12(14)15-10-6-3-4-7-11(10)16-13/h3-4,6-7H,5,8-9H2,1-2H3,(H2,14,15). The summed E-state index contributed by atoms with van der Waals surface area (Å²) in [5.74, 6) is 0.769. The van der Waals surface area contributed by atoms with Gasteiger partial charge in [-0.25, -0.2) is 9.97 Å². The highest BCUT2D eigenvalue weighted by molar-refractivity contribution is 5.76. The van der Waals surface area contributed by atoms with Crippen LogP contribution in [-0.2, 0) is 0 Å². The number of fused-ring (bicyclic) bond motifs is 1. The van der Waals surface area contributed by atoms with E-state index in [9.17, 15) is 0 Å². The number of anilines is 1. The molecule has 2 rings (SSSR count). The highest BCUT2D eigenvalue weighted by Gasteiger charge is 2.06. The van der Waals surface area contributed by atoms with Crippen molar-refractivity contribution in [2.24, 2.45) is 0 Å². The van der Waals surface area contributed by atoms with Gasteiger partial charge in [-0.3, -0.25) is 0 Å². The molecule has 0 aliphatic heterocycles. The minimum atomic E-state index is 0.346. The van der Waals surface area contributed by atoms with Crippen LogP contribution in [0.4, 0.5) is 5.82 Å². The van der Waals surface area contributed by atoms with E-state index >= 15 is 0 Å². The van der Waals surface area contributed by atoms with Crippen LogP contribution in [0.2, 0.25) is 0 Å². The Hall–Kier alpha value is -1.88. The van der Waals surface area contributed by atoms with Gasteiger partial charge in [0, 0.05) is 6.54 Å². The second-order valence-electron chi connectivity index (χ2n) is 4.41. The molecule has 1 aromatic carbocycles. The van der Waals surface area contributed by atoms with E-state index in [-0.39, 0.29) is 0 Å². The van der Waals surface area contributed by atoms with Crippen molar-refractivity contribution in [2.75, 3.05) is 33.0 Å². The molecule has 2 aromatic rings. The van der Waals surface area contributed by atoms with E-state index in [1.54, 1.807) is 0 Å². The van der Waals surface area contributed by atoms with Crippen LogP contribution in [0.15, 0.2) is 24.3 Å². The van der Waals surface area contributed by atoms with Crippen LogP contribution in [0, 0.1) is 0 Å². The van der Waals surface area contributed by atoms with Crippen molar-refractivity contribution in [1.82, 2.24) is 14.9 Å². The first-order valence-electron chi connectivity index (χ1n) is 5.96. The summed E-state index contributed by atoms with van der Waals surface area (Å²) in [6, 6.07) is 7.61. The zero-order valence-electron chi connectivity index (χ0n) is 10.8. The molecular weight excluding hydrogens is 228 g/mol. The third-order valence-corrected chi connectivity index (χ3v) is 2.55. The summed E-state index contributed by atoms with van der Waals surface area (Å²) >= 11 is 0. The quantitative estimate of drug-likeness (QED) is 0.811. The van der Waals surface area contributed by atoms with E-state index in [0.717, 1.165) is 24.0 Å². The molecular formula is C13H18N4O. The van der Waals surface area contributed by atoms with Gasteiger partial charge in [-0.2, -0.15) is 0 Å². The summed E-state index contributed by atoms with van der Waals surface area (Å²) < 4.78 is 5.57. The average molecular weight is 246 g/mol. The number of nitrogen functional groups attached to an aromatic ring is 1. The molecule has 5 heteroatoms. The second-order valence-corrected chi connectivity index (χ2v) is 4.41. The van der Waals surface area contributed by atoms with Crippen LogP contribution >= 0.6 is 0 Å². The maximum Gasteiger partial charge on any atom is 0.257 e. The van der Waals surface area contributed by atoms with Gasteiger partial charge in [0.15, 0.2) is 5.82 Å². The summed E-state index contributed by atoms with van der Waals surface area (Å²) in [6.45, 7) is 1.57. The lowest BCUT2D eigenvalue weighted by Gasteiger charge is -2.11. The smallest absolute Gasteiger partial charge is 0.257 e. The van der Waals surface area contributed by atoms with Crippen molar-refractivity contribution in [1.29, 1.82) is 0 Å². The molecule has 0 aliphatic rings. The molecule has 2 N–H and O–H groups in total. The zero-order chi connectivity index (χ0) is 13.0. The maximum atomic E-state index is 5.82. The number of nitrogens with two attached hydrogens (primary N) is 1. The van der Waals surface area contributed by atoms with E-state index in [2.05, 4.69) is 14.9 Å². The Kier molecular flexibility index (Phi) is 3.94. The summed E-state index contributed by atoms with van der Waals surface area (Å²) in [7, 11) is 4.06. The first-order valence-corrected chi connectivity index (χ1v) is 5.96. The molecule has 0 amide bonds. The van der Waals surface area contributed by atoms with Crippen LogP contribution in [0.5, 0.6) is 5.88 Å². The van der Waals surface area contributed by atoms with Gasteiger partial charge in [0.05, 0.1) is 17.6 Å². The van der Waals surface area contributed by atoms with Crippen LogP contribution in [-0.4, -0.2) is 42.1 Å². The van der Waals surface area contributed by atoms with Crippen molar-refractivity contribution in [3.8, 4) is 5.88 Å². The summed E-state index contributed by atoms with van der Waals surface area (Å²) in [5.41, 5.74) is 7.41. The van der Waals surface area contributed by atoms with E-state index in [1.165, 1.54) is 0 Å². The predicted molar refractivity (Wildman–Crippen MR) is 72.6 cm³/mol. The molecule has 5 nitrogen and oxygen atoms in total. The third kappa shape index (κ3) is 3.07. The number of para-hydroxylation sites is 2. The van der Waals surface area contributed by atoms with E-state index in [0.29, 0.717) is 18.3 Å². The van der Waals surface area contributed by atoms with Crippen molar-refractivity contribution < 1.29 is 4.74 Å². The number of nitrogens with zero attached hydrogens (tertiary/aromatic N) is 3. The average Bonchev–Trinajstić information content (AvgIpc) is 2.34. The third-order valence-electron chi connectivity index (χ3n) is 2.55. The van der Waals surface area contributed by atoms with Crippen LogP contribution < -0.4 is 10.5 Å². The van der Waals surface area contributed by atoms with E-state index in [1.807, 2.05) is 38.4 Å². The highest BCUT2D eigenvalue weighted by Crippen LogP contribution is 2.20. The van der Waals surface area contributed by atoms with E-state index < -0.39 is 0 Å². The SMILES string of the molecule is CN(C)CCCOc1nc2ccccc2nc1N. The molecule has 1 heterocycles. The summed E-state index contributed by atoms with van der Waals surface area (Å²) in [4.78, 5) is 10.7. The molecule has 0 spiro atoms. The number of hydrogen-bond acceptors (Lipinski definition) is 5. The van der Waals surface area contributed by atoms with Gasteiger partial charge in [0.25, 0.3) is 5.88 Å². The van der Waals surface area contributed by atoms with Gasteiger partial charge < -0.3 is 15.4 Å². The highest BCUT2D eigenvalue weighted by atomic mass is 16.5. The monoisotopic (exact) mass is 246 g/mol. The Morgan fingerprint density at radius 1 is 1.17 bits per heavy atom. The van der Waals surface area contributed by atoms with Gasteiger partial charge >= 0.3 is 0 Å². The van der Waals surface area contributed by atoms with E-state index in [4.69, 9.17) is 10.5 Å². The molecule has 18 heavy (non-hydrogen) atoms. The van der Waals surface area contributed by atoms with Crippen molar-refractivity contribution >= 4 is 16.9 Å². The van der Waals surface area contributed by atoms with Crippen molar-refractivity contribution in [3.63, 3.8) is 0 Å². The largest absolute Gasteiger partial charge is 0.475 e. The lowest BCUT2D eigenvalue weighted by Crippen LogP contribution is -2.16. The molecule has 0 saturated heterocycles. The van der Waals surface area contributed by atoms with Crippen molar-refractivity contribution in [3.05, 3.63) is 24.3 Å². The van der Waals surface area contributed by atoms with Gasteiger partial charge in [0.2, 0.25) is 0 Å². The Morgan fingerprint density at radius 3 is 2.50 bits per heavy atom. The Balaban J connectivity index is 2.06. The normalized spacial score (nSPS) is 11.1. The fourth-order valence-corrected chi connectivity index (χ4v) is 1.65. The van der Waals surface area contributed by atoms with Crippen LogP contribution in [0.25, 0.3) is 11.0 Å². The number of aromatic nitrogens is 2. The molecule has 0 saturated carbocycles. The zero-order valence-corrected chi connectivity index (χ0v) is 10.8. The first-order chi connectivity index (χ1) is 8.66. The Bertz CT molecular complexity index is 527.